The van der Waals surface area contributed by atoms with Crippen LogP contribution in [0.1, 0.15) is 11.1 Å². The van der Waals surface area contributed by atoms with Crippen LogP contribution in [-0.2, 0) is 31.9 Å². The summed E-state index contributed by atoms with van der Waals surface area (Å²) in [6, 6.07) is 11.5. The Labute approximate surface area is 138 Å². The normalized spacial score (nSPS) is 11.0. The summed E-state index contributed by atoms with van der Waals surface area (Å²) < 4.78 is 16.0. The minimum Gasteiger partial charge on any atom is -0.352 e. The van der Waals surface area contributed by atoms with Gasteiger partial charge in [0.15, 0.2) is 0 Å². The Balaban J connectivity index is 1.69. The van der Waals surface area contributed by atoms with Gasteiger partial charge in [-0.25, -0.2) is 9.18 Å². The number of aryl methyl sites for hydroxylation is 2. The molecule has 0 spiro atoms. The predicted molar refractivity (Wildman–Crippen MR) is 90.1 cm³/mol. The fourth-order valence-corrected chi connectivity index (χ4v) is 2.71. The number of aromatic nitrogens is 2. The van der Waals surface area contributed by atoms with E-state index in [1.54, 1.807) is 35.4 Å². The van der Waals surface area contributed by atoms with E-state index in [9.17, 15) is 14.0 Å². The highest BCUT2D eigenvalue weighted by atomic mass is 19.1. The minimum absolute atomic E-state index is 0.0810. The van der Waals surface area contributed by atoms with Crippen LogP contribution in [0.25, 0.3) is 11.0 Å². The lowest BCUT2D eigenvalue weighted by molar-refractivity contribution is -0.120. The average Bonchev–Trinajstić information content (AvgIpc) is 2.79. The number of nitrogens with zero attached hydrogens (tertiary/aromatic N) is 2. The first-order chi connectivity index (χ1) is 11.5. The molecule has 1 aromatic heterocycles. The van der Waals surface area contributed by atoms with E-state index in [0.717, 1.165) is 22.2 Å². The van der Waals surface area contributed by atoms with E-state index in [1.807, 2.05) is 18.2 Å². The summed E-state index contributed by atoms with van der Waals surface area (Å²) in [5.41, 5.74) is 3.27. The van der Waals surface area contributed by atoms with Crippen LogP contribution in [0.15, 0.2) is 47.3 Å². The Morgan fingerprint density at radius 2 is 1.62 bits per heavy atom. The molecule has 0 aliphatic heterocycles. The molecule has 124 valence electrons. The summed E-state index contributed by atoms with van der Waals surface area (Å²) in [5.74, 6) is -0.454. The number of imidazole rings is 1. The molecular formula is C18H18FN3O2. The van der Waals surface area contributed by atoms with Gasteiger partial charge >= 0.3 is 5.69 Å². The van der Waals surface area contributed by atoms with Crippen molar-refractivity contribution in [1.82, 2.24) is 14.5 Å². The summed E-state index contributed by atoms with van der Waals surface area (Å²) in [7, 11) is 3.45. The quantitative estimate of drug-likeness (QED) is 0.795. The number of carbonyl (C=O) groups excluding carboxylic acids is 1. The van der Waals surface area contributed by atoms with Crippen LogP contribution in [-0.4, -0.2) is 15.0 Å². The largest absolute Gasteiger partial charge is 0.352 e. The molecule has 0 atom stereocenters. The fourth-order valence-electron chi connectivity index (χ4n) is 2.71. The van der Waals surface area contributed by atoms with Gasteiger partial charge in [0.05, 0.1) is 17.5 Å². The fraction of sp³-hybridized carbons (Fsp3) is 0.222. The summed E-state index contributed by atoms with van der Waals surface area (Å²) in [6.45, 7) is 0.374. The zero-order chi connectivity index (χ0) is 17.3. The van der Waals surface area contributed by atoms with Gasteiger partial charge in [-0.05, 0) is 35.4 Å². The van der Waals surface area contributed by atoms with Crippen LogP contribution < -0.4 is 11.0 Å². The number of halogens is 1. The van der Waals surface area contributed by atoms with Gasteiger partial charge in [0.25, 0.3) is 0 Å². The molecule has 0 unspecified atom stereocenters. The van der Waals surface area contributed by atoms with Crippen molar-refractivity contribution in [3.05, 3.63) is 69.9 Å². The molecule has 24 heavy (non-hydrogen) atoms. The molecule has 2 aromatic carbocycles. The maximum Gasteiger partial charge on any atom is 0.328 e. The Hall–Kier alpha value is -2.89. The Morgan fingerprint density at radius 1 is 1.00 bits per heavy atom. The molecule has 0 aliphatic carbocycles. The Morgan fingerprint density at radius 3 is 2.33 bits per heavy atom. The molecule has 0 saturated carbocycles. The highest BCUT2D eigenvalue weighted by molar-refractivity contribution is 5.79. The van der Waals surface area contributed by atoms with E-state index in [0.29, 0.717) is 6.54 Å². The van der Waals surface area contributed by atoms with Crippen molar-refractivity contribution in [2.75, 3.05) is 0 Å². The standard InChI is InChI=1S/C18H18FN3O2/c1-21-15-8-5-13(9-16(15)22(2)18(21)24)11-20-17(23)10-12-3-6-14(19)7-4-12/h3-9H,10-11H2,1-2H3,(H,20,23). The molecule has 6 heteroatoms. The van der Waals surface area contributed by atoms with Gasteiger partial charge in [-0.2, -0.15) is 0 Å². The van der Waals surface area contributed by atoms with Crippen LogP contribution in [0, 0.1) is 5.82 Å². The van der Waals surface area contributed by atoms with Crippen molar-refractivity contribution in [2.24, 2.45) is 14.1 Å². The maximum atomic E-state index is 12.9. The van der Waals surface area contributed by atoms with Crippen molar-refractivity contribution < 1.29 is 9.18 Å². The van der Waals surface area contributed by atoms with Crippen molar-refractivity contribution in [2.45, 2.75) is 13.0 Å². The van der Waals surface area contributed by atoms with E-state index in [1.165, 1.54) is 12.1 Å². The molecule has 0 radical (unpaired) electrons. The number of hydrogen-bond donors (Lipinski definition) is 1. The number of carbonyl (C=O) groups is 1. The van der Waals surface area contributed by atoms with E-state index >= 15 is 0 Å². The van der Waals surface area contributed by atoms with Gasteiger partial charge in [0, 0.05) is 20.6 Å². The number of amides is 1. The van der Waals surface area contributed by atoms with Crippen LogP contribution in [0.3, 0.4) is 0 Å². The summed E-state index contributed by atoms with van der Waals surface area (Å²) >= 11 is 0. The third-order valence-corrected chi connectivity index (χ3v) is 4.10. The molecule has 3 rings (SSSR count). The average molecular weight is 327 g/mol. The van der Waals surface area contributed by atoms with Crippen LogP contribution in [0.5, 0.6) is 0 Å². The monoisotopic (exact) mass is 327 g/mol. The second-order valence-corrected chi connectivity index (χ2v) is 5.80. The molecule has 0 saturated heterocycles. The van der Waals surface area contributed by atoms with Crippen LogP contribution >= 0.6 is 0 Å². The van der Waals surface area contributed by atoms with Gasteiger partial charge in [-0.15, -0.1) is 0 Å². The van der Waals surface area contributed by atoms with Gasteiger partial charge in [-0.3, -0.25) is 13.9 Å². The van der Waals surface area contributed by atoms with E-state index in [2.05, 4.69) is 5.32 Å². The molecule has 1 amide bonds. The van der Waals surface area contributed by atoms with Crippen LogP contribution in [0.2, 0.25) is 0 Å². The van der Waals surface area contributed by atoms with Gasteiger partial charge in [0.1, 0.15) is 5.82 Å². The van der Waals surface area contributed by atoms with E-state index in [4.69, 9.17) is 0 Å². The predicted octanol–water partition coefficient (Wildman–Crippen LogP) is 1.87. The van der Waals surface area contributed by atoms with Gasteiger partial charge < -0.3 is 5.32 Å². The van der Waals surface area contributed by atoms with Gasteiger partial charge in [0.2, 0.25) is 5.91 Å². The molecule has 3 aromatic rings. The number of nitrogens with one attached hydrogen (secondary N) is 1. The topological polar surface area (TPSA) is 56.0 Å². The second-order valence-electron chi connectivity index (χ2n) is 5.80. The van der Waals surface area contributed by atoms with E-state index in [-0.39, 0.29) is 23.8 Å². The third kappa shape index (κ3) is 3.08. The lowest BCUT2D eigenvalue weighted by atomic mass is 10.1. The molecule has 5 nitrogen and oxygen atoms in total. The van der Waals surface area contributed by atoms with Crippen molar-refractivity contribution >= 4 is 16.9 Å². The van der Waals surface area contributed by atoms with Crippen molar-refractivity contribution in [3.63, 3.8) is 0 Å². The summed E-state index contributed by atoms with van der Waals surface area (Å²) in [4.78, 5) is 23.9. The maximum absolute atomic E-state index is 12.9. The molecule has 1 N–H and O–H groups in total. The molecule has 0 aliphatic rings. The molecular weight excluding hydrogens is 309 g/mol. The van der Waals surface area contributed by atoms with Crippen molar-refractivity contribution in [1.29, 1.82) is 0 Å². The zero-order valence-corrected chi connectivity index (χ0v) is 13.5. The number of rotatable bonds is 4. The zero-order valence-electron chi connectivity index (χ0n) is 13.5. The SMILES string of the molecule is Cn1c(=O)n(C)c2cc(CNC(=O)Cc3ccc(F)cc3)ccc21. The Bertz CT molecular complexity index is 955. The summed E-state index contributed by atoms with van der Waals surface area (Å²) in [5, 5.41) is 2.84. The first-order valence-corrected chi connectivity index (χ1v) is 7.61. The Kier molecular flexibility index (Phi) is 4.20. The lowest BCUT2D eigenvalue weighted by Gasteiger charge is -2.06. The smallest absolute Gasteiger partial charge is 0.328 e. The molecule has 0 bridgehead atoms. The number of hydrogen-bond acceptors (Lipinski definition) is 2. The first-order valence-electron chi connectivity index (χ1n) is 7.61. The van der Waals surface area contributed by atoms with Gasteiger partial charge in [-0.1, -0.05) is 18.2 Å². The number of benzene rings is 2. The minimum atomic E-state index is -0.319. The highest BCUT2D eigenvalue weighted by Gasteiger charge is 2.09. The molecule has 1 heterocycles. The molecule has 0 fully saturated rings. The second kappa shape index (κ2) is 6.31. The summed E-state index contributed by atoms with van der Waals surface area (Å²) in [6.07, 6.45) is 0.201. The first kappa shape index (κ1) is 16.0. The van der Waals surface area contributed by atoms with E-state index < -0.39 is 0 Å². The van der Waals surface area contributed by atoms with Crippen molar-refractivity contribution in [3.8, 4) is 0 Å². The van der Waals surface area contributed by atoms with Crippen LogP contribution in [0.4, 0.5) is 4.39 Å². The lowest BCUT2D eigenvalue weighted by Crippen LogP contribution is -2.24. The highest BCUT2D eigenvalue weighted by Crippen LogP contribution is 2.14. The number of fused-ring (bicyclic) bond motifs is 1. The third-order valence-electron chi connectivity index (χ3n) is 4.10.